The highest BCUT2D eigenvalue weighted by Gasteiger charge is 2.18. The van der Waals surface area contributed by atoms with Gasteiger partial charge < -0.3 is 24.8 Å². The van der Waals surface area contributed by atoms with E-state index < -0.39 is 5.91 Å². The van der Waals surface area contributed by atoms with Crippen LogP contribution in [0.25, 0.3) is 0 Å². The van der Waals surface area contributed by atoms with Crippen LogP contribution >= 0.6 is 11.3 Å². The zero-order chi connectivity index (χ0) is 20.2. The number of rotatable bonds is 6. The number of methoxy groups -OCH3 is 1. The number of ether oxygens (including phenoxy) is 3. The van der Waals surface area contributed by atoms with Crippen LogP contribution in [0.5, 0.6) is 17.2 Å². The first-order valence-electron chi connectivity index (χ1n) is 8.58. The van der Waals surface area contributed by atoms with Crippen LogP contribution in [-0.2, 0) is 6.54 Å². The molecule has 10 heteroatoms. The quantitative estimate of drug-likeness (QED) is 0.640. The Morgan fingerprint density at radius 1 is 1.10 bits per heavy atom. The van der Waals surface area contributed by atoms with Crippen LogP contribution < -0.4 is 24.8 Å². The summed E-state index contributed by atoms with van der Waals surface area (Å²) in [6.45, 7) is 0.304. The average Bonchev–Trinajstić information content (AvgIpc) is 3.41. The molecular weight excluding hydrogens is 396 g/mol. The molecule has 0 unspecified atom stereocenters. The van der Waals surface area contributed by atoms with Gasteiger partial charge in [0.15, 0.2) is 11.5 Å². The maximum Gasteiger partial charge on any atom is 0.286 e. The average molecular weight is 412 g/mol. The van der Waals surface area contributed by atoms with Gasteiger partial charge in [0.25, 0.3) is 11.8 Å². The second-order valence-corrected chi connectivity index (χ2v) is 6.97. The number of hydrogen-bond donors (Lipinski definition) is 2. The van der Waals surface area contributed by atoms with Crippen LogP contribution in [0.15, 0.2) is 42.5 Å². The van der Waals surface area contributed by atoms with Crippen molar-refractivity contribution in [2.75, 3.05) is 19.2 Å². The minimum atomic E-state index is -0.399. The van der Waals surface area contributed by atoms with Gasteiger partial charge in [0, 0.05) is 11.8 Å². The van der Waals surface area contributed by atoms with Gasteiger partial charge in [-0.3, -0.25) is 9.59 Å². The second-order valence-electron chi connectivity index (χ2n) is 5.91. The first-order valence-corrected chi connectivity index (χ1v) is 9.40. The normalized spacial score (nSPS) is 11.8. The van der Waals surface area contributed by atoms with E-state index in [1.807, 2.05) is 0 Å². The van der Waals surface area contributed by atoms with Crippen molar-refractivity contribution in [2.24, 2.45) is 0 Å². The summed E-state index contributed by atoms with van der Waals surface area (Å²) >= 11 is 1.10. The van der Waals surface area contributed by atoms with Crippen molar-refractivity contribution < 1.29 is 23.8 Å². The van der Waals surface area contributed by atoms with Gasteiger partial charge in [-0.1, -0.05) is 23.5 Å². The molecule has 0 spiro atoms. The lowest BCUT2D eigenvalue weighted by atomic mass is 10.2. The van der Waals surface area contributed by atoms with Crippen LogP contribution in [0.4, 0.5) is 5.69 Å². The smallest absolute Gasteiger partial charge is 0.286 e. The van der Waals surface area contributed by atoms with E-state index in [1.165, 1.54) is 7.11 Å². The maximum absolute atomic E-state index is 12.4. The number of aromatic nitrogens is 2. The summed E-state index contributed by atoms with van der Waals surface area (Å²) in [6.07, 6.45) is 0. The fourth-order valence-corrected chi connectivity index (χ4v) is 3.33. The summed E-state index contributed by atoms with van der Waals surface area (Å²) in [5, 5.41) is 14.0. The third kappa shape index (κ3) is 4.11. The fraction of sp³-hybridized carbons (Fsp3) is 0.158. The first kappa shape index (κ1) is 18.7. The van der Waals surface area contributed by atoms with Crippen LogP contribution in [-0.4, -0.2) is 35.9 Å². The van der Waals surface area contributed by atoms with Gasteiger partial charge in [0.1, 0.15) is 10.8 Å². The number of anilines is 1. The molecule has 0 saturated carbocycles. The Kier molecular flexibility index (Phi) is 5.25. The number of benzene rings is 2. The van der Waals surface area contributed by atoms with Gasteiger partial charge in [-0.2, -0.15) is 0 Å². The minimum Gasteiger partial charge on any atom is -0.496 e. The number of amides is 2. The molecule has 148 valence electrons. The van der Waals surface area contributed by atoms with E-state index in [4.69, 9.17) is 14.2 Å². The van der Waals surface area contributed by atoms with Crippen LogP contribution in [0.1, 0.15) is 25.2 Å². The van der Waals surface area contributed by atoms with Gasteiger partial charge >= 0.3 is 0 Å². The molecule has 0 atom stereocenters. The summed E-state index contributed by atoms with van der Waals surface area (Å²) in [4.78, 5) is 24.7. The minimum absolute atomic E-state index is 0.145. The monoisotopic (exact) mass is 412 g/mol. The number of para-hydroxylation sites is 1. The summed E-state index contributed by atoms with van der Waals surface area (Å²) < 4.78 is 15.7. The molecule has 1 aromatic heterocycles. The Hall–Kier alpha value is -3.66. The molecule has 9 nitrogen and oxygen atoms in total. The lowest BCUT2D eigenvalue weighted by molar-refractivity contribution is 0.0946. The van der Waals surface area contributed by atoms with Gasteiger partial charge in [0.05, 0.1) is 19.2 Å². The van der Waals surface area contributed by atoms with Crippen molar-refractivity contribution in [1.82, 2.24) is 15.5 Å². The van der Waals surface area contributed by atoms with Crippen molar-refractivity contribution in [2.45, 2.75) is 6.54 Å². The standard InChI is InChI=1S/C19H16N4O5S/c1-26-13-5-3-2-4-12(13)17(24)20-9-16-22-23-19(29-16)18(25)21-11-6-7-14-15(8-11)28-10-27-14/h2-8H,9-10H2,1H3,(H,20,24)(H,21,25). The predicted octanol–water partition coefficient (Wildman–Crippen LogP) is 2.46. The third-order valence-corrected chi connectivity index (χ3v) is 4.97. The number of hydrogen-bond acceptors (Lipinski definition) is 8. The molecule has 0 saturated heterocycles. The zero-order valence-electron chi connectivity index (χ0n) is 15.3. The molecule has 2 N–H and O–H groups in total. The van der Waals surface area contributed by atoms with E-state index >= 15 is 0 Å². The third-order valence-electron chi connectivity index (χ3n) is 4.04. The summed E-state index contributed by atoms with van der Waals surface area (Å²) in [5.74, 6) is 0.977. The highest BCUT2D eigenvalue weighted by atomic mass is 32.1. The van der Waals surface area contributed by atoms with Gasteiger partial charge in [-0.25, -0.2) is 0 Å². The fourth-order valence-electron chi connectivity index (χ4n) is 2.66. The van der Waals surface area contributed by atoms with Crippen molar-refractivity contribution in [1.29, 1.82) is 0 Å². The van der Waals surface area contributed by atoms with E-state index in [0.717, 1.165) is 11.3 Å². The molecule has 3 aromatic rings. The highest BCUT2D eigenvalue weighted by Crippen LogP contribution is 2.34. The SMILES string of the molecule is COc1ccccc1C(=O)NCc1nnc(C(=O)Nc2ccc3c(c2)OCO3)s1. The Morgan fingerprint density at radius 3 is 2.79 bits per heavy atom. The number of nitrogens with zero attached hydrogens (tertiary/aromatic N) is 2. The molecule has 4 rings (SSSR count). The van der Waals surface area contributed by atoms with E-state index in [9.17, 15) is 9.59 Å². The number of carbonyl (C=O) groups is 2. The Balaban J connectivity index is 1.36. The molecule has 0 fully saturated rings. The highest BCUT2D eigenvalue weighted by molar-refractivity contribution is 7.13. The van der Waals surface area contributed by atoms with Gasteiger partial charge in [-0.15, -0.1) is 10.2 Å². The van der Waals surface area contributed by atoms with E-state index in [1.54, 1.807) is 42.5 Å². The molecule has 1 aliphatic heterocycles. The second kappa shape index (κ2) is 8.15. The molecule has 0 bridgehead atoms. The zero-order valence-corrected chi connectivity index (χ0v) is 16.1. The summed E-state index contributed by atoms with van der Waals surface area (Å²) in [5.41, 5.74) is 0.973. The van der Waals surface area contributed by atoms with E-state index in [0.29, 0.717) is 33.5 Å². The van der Waals surface area contributed by atoms with Crippen molar-refractivity contribution in [3.05, 3.63) is 58.0 Å². The van der Waals surface area contributed by atoms with Gasteiger partial charge in [0.2, 0.25) is 11.8 Å². The van der Waals surface area contributed by atoms with E-state index in [2.05, 4.69) is 20.8 Å². The lowest BCUT2D eigenvalue weighted by Crippen LogP contribution is -2.23. The van der Waals surface area contributed by atoms with Crippen LogP contribution in [0.2, 0.25) is 0 Å². The summed E-state index contributed by atoms with van der Waals surface area (Å²) in [6, 6.07) is 12.0. The molecule has 29 heavy (non-hydrogen) atoms. The van der Waals surface area contributed by atoms with Gasteiger partial charge in [-0.05, 0) is 24.3 Å². The van der Waals surface area contributed by atoms with Crippen LogP contribution in [0, 0.1) is 0 Å². The molecule has 1 aliphatic rings. The largest absolute Gasteiger partial charge is 0.496 e. The topological polar surface area (TPSA) is 112 Å². The number of carbonyl (C=O) groups excluding carboxylic acids is 2. The molecule has 0 radical (unpaired) electrons. The molecule has 2 aromatic carbocycles. The number of nitrogens with one attached hydrogen (secondary N) is 2. The van der Waals surface area contributed by atoms with Crippen molar-refractivity contribution in [3.63, 3.8) is 0 Å². The Labute approximate surface area is 169 Å². The first-order chi connectivity index (χ1) is 14.1. The predicted molar refractivity (Wildman–Crippen MR) is 105 cm³/mol. The van der Waals surface area contributed by atoms with E-state index in [-0.39, 0.29) is 24.3 Å². The van der Waals surface area contributed by atoms with Crippen molar-refractivity contribution in [3.8, 4) is 17.2 Å². The Bertz CT molecular complexity index is 1070. The maximum atomic E-state index is 12.4. The molecule has 2 amide bonds. The lowest BCUT2D eigenvalue weighted by Gasteiger charge is -2.07. The Morgan fingerprint density at radius 2 is 1.93 bits per heavy atom. The molecule has 2 heterocycles. The molecule has 0 aliphatic carbocycles. The number of fused-ring (bicyclic) bond motifs is 1. The van der Waals surface area contributed by atoms with Crippen LogP contribution in [0.3, 0.4) is 0 Å². The van der Waals surface area contributed by atoms with Crippen molar-refractivity contribution >= 4 is 28.8 Å². The summed E-state index contributed by atoms with van der Waals surface area (Å²) in [7, 11) is 1.50. The molecular formula is C19H16N4O5S.